The number of amides is 1. The number of hydrogen-bond donors (Lipinski definition) is 1. The van der Waals surface area contributed by atoms with Crippen LogP contribution in [0.2, 0.25) is 5.02 Å². The lowest BCUT2D eigenvalue weighted by atomic mass is 10.1. The molecule has 0 bridgehead atoms. The molecule has 1 heterocycles. The number of nitrogens with one attached hydrogen (secondary N) is 1. The molecule has 16 heavy (non-hydrogen) atoms. The first-order valence-corrected chi connectivity index (χ1v) is 6.92. The van der Waals surface area contributed by atoms with Crippen molar-refractivity contribution in [2.45, 2.75) is 6.04 Å². The third-order valence-electron chi connectivity index (χ3n) is 2.39. The molecule has 1 unspecified atom stereocenters. The van der Waals surface area contributed by atoms with Crippen LogP contribution in [-0.4, -0.2) is 25.8 Å². The molecule has 1 amide bonds. The minimum absolute atomic E-state index is 0.0948. The van der Waals surface area contributed by atoms with Crippen LogP contribution in [0.1, 0.15) is 11.6 Å². The van der Waals surface area contributed by atoms with Gasteiger partial charge in [0.25, 0.3) is 0 Å². The van der Waals surface area contributed by atoms with Crippen LogP contribution in [0.25, 0.3) is 0 Å². The molecule has 1 aromatic carbocycles. The highest BCUT2D eigenvalue weighted by molar-refractivity contribution is 7.92. The lowest BCUT2D eigenvalue weighted by Crippen LogP contribution is -2.43. The third-order valence-corrected chi connectivity index (χ3v) is 4.27. The van der Waals surface area contributed by atoms with E-state index in [-0.39, 0.29) is 5.75 Å². The number of sulfone groups is 1. The van der Waals surface area contributed by atoms with E-state index in [0.29, 0.717) is 10.6 Å². The van der Waals surface area contributed by atoms with Crippen LogP contribution < -0.4 is 5.32 Å². The third kappa shape index (κ3) is 2.36. The summed E-state index contributed by atoms with van der Waals surface area (Å²) >= 11 is 5.95. The number of hydrogen-bond acceptors (Lipinski definition) is 3. The van der Waals surface area contributed by atoms with Crippen molar-refractivity contribution in [2.75, 3.05) is 11.5 Å². The first-order valence-electron chi connectivity index (χ1n) is 4.72. The number of rotatable bonds is 1. The van der Waals surface area contributed by atoms with E-state index in [1.165, 1.54) is 0 Å². The van der Waals surface area contributed by atoms with Crippen molar-refractivity contribution < 1.29 is 13.2 Å². The molecule has 1 aliphatic rings. The maximum atomic E-state index is 11.5. The van der Waals surface area contributed by atoms with Crippen molar-refractivity contribution >= 4 is 27.3 Å². The number of benzene rings is 1. The summed E-state index contributed by atoms with van der Waals surface area (Å²) in [5.74, 6) is -1.01. The Morgan fingerprint density at radius 1 is 1.31 bits per heavy atom. The second-order valence-corrected chi connectivity index (χ2v) is 6.21. The molecular formula is C10H10ClNO3S. The van der Waals surface area contributed by atoms with Gasteiger partial charge in [0.05, 0.1) is 11.8 Å². The molecule has 1 atom stereocenters. The summed E-state index contributed by atoms with van der Waals surface area (Å²) in [6.45, 7) is 0. The van der Waals surface area contributed by atoms with Gasteiger partial charge in [0.15, 0.2) is 9.84 Å². The van der Waals surface area contributed by atoms with Crippen molar-refractivity contribution in [2.24, 2.45) is 0 Å². The van der Waals surface area contributed by atoms with Gasteiger partial charge in [0.2, 0.25) is 5.91 Å². The van der Waals surface area contributed by atoms with Gasteiger partial charge < -0.3 is 5.32 Å². The average molecular weight is 260 g/mol. The molecule has 1 aliphatic heterocycles. The second kappa shape index (κ2) is 4.07. The lowest BCUT2D eigenvalue weighted by molar-refractivity contribution is -0.119. The van der Waals surface area contributed by atoms with E-state index in [0.717, 1.165) is 0 Å². The summed E-state index contributed by atoms with van der Waals surface area (Å²) in [6.07, 6.45) is 0. The Bertz CT molecular complexity index is 527. The topological polar surface area (TPSA) is 63.2 Å². The molecule has 0 aliphatic carbocycles. The van der Waals surface area contributed by atoms with E-state index < -0.39 is 27.5 Å². The summed E-state index contributed by atoms with van der Waals surface area (Å²) in [7, 11) is -3.32. The Labute approximate surface area is 98.5 Å². The average Bonchev–Trinajstić information content (AvgIpc) is 2.15. The summed E-state index contributed by atoms with van der Waals surface area (Å²) in [5.41, 5.74) is 0.640. The Hall–Kier alpha value is -1.07. The van der Waals surface area contributed by atoms with Gasteiger partial charge in [-0.3, -0.25) is 4.79 Å². The molecular weight excluding hydrogens is 250 g/mol. The van der Waals surface area contributed by atoms with E-state index in [9.17, 15) is 13.2 Å². The molecule has 1 saturated heterocycles. The summed E-state index contributed by atoms with van der Waals surface area (Å²) in [4.78, 5) is 11.2. The zero-order valence-electron chi connectivity index (χ0n) is 8.31. The highest BCUT2D eigenvalue weighted by Gasteiger charge is 2.31. The van der Waals surface area contributed by atoms with Crippen LogP contribution in [0.3, 0.4) is 0 Å². The molecule has 1 N–H and O–H groups in total. The first-order chi connectivity index (χ1) is 7.48. The molecule has 0 spiro atoms. The van der Waals surface area contributed by atoms with Crippen LogP contribution in [0.4, 0.5) is 0 Å². The largest absolute Gasteiger partial charge is 0.347 e. The predicted octanol–water partition coefficient (Wildman–Crippen LogP) is 0.926. The Morgan fingerprint density at radius 2 is 2.00 bits per heavy atom. The Kier molecular flexibility index (Phi) is 2.90. The van der Waals surface area contributed by atoms with Crippen molar-refractivity contribution in [1.82, 2.24) is 5.32 Å². The van der Waals surface area contributed by atoms with Gasteiger partial charge in [-0.2, -0.15) is 0 Å². The maximum Gasteiger partial charge on any atom is 0.235 e. The maximum absolute atomic E-state index is 11.5. The second-order valence-electron chi connectivity index (χ2n) is 3.70. The Morgan fingerprint density at radius 3 is 2.62 bits per heavy atom. The van der Waals surface area contributed by atoms with E-state index >= 15 is 0 Å². The lowest BCUT2D eigenvalue weighted by Gasteiger charge is -2.24. The van der Waals surface area contributed by atoms with E-state index in [1.807, 2.05) is 0 Å². The van der Waals surface area contributed by atoms with Crippen LogP contribution in [0.15, 0.2) is 24.3 Å². The highest BCUT2D eigenvalue weighted by Crippen LogP contribution is 2.25. The van der Waals surface area contributed by atoms with Crippen LogP contribution >= 0.6 is 11.6 Å². The van der Waals surface area contributed by atoms with Gasteiger partial charge in [-0.05, 0) is 11.6 Å². The highest BCUT2D eigenvalue weighted by atomic mass is 35.5. The van der Waals surface area contributed by atoms with Gasteiger partial charge in [-0.1, -0.05) is 29.8 Å². The molecule has 1 aromatic rings. The van der Waals surface area contributed by atoms with Crippen LogP contribution in [0.5, 0.6) is 0 Å². The summed E-state index contributed by atoms with van der Waals surface area (Å²) < 4.78 is 22.9. The smallest absolute Gasteiger partial charge is 0.235 e. The Balaban J connectivity index is 2.35. The fourth-order valence-corrected chi connectivity index (χ4v) is 3.35. The minimum Gasteiger partial charge on any atom is -0.347 e. The van der Waals surface area contributed by atoms with Crippen molar-refractivity contribution in [1.29, 1.82) is 0 Å². The number of halogens is 1. The molecule has 0 aromatic heterocycles. The monoisotopic (exact) mass is 259 g/mol. The van der Waals surface area contributed by atoms with Gasteiger partial charge in [-0.25, -0.2) is 8.42 Å². The van der Waals surface area contributed by atoms with Gasteiger partial charge in [-0.15, -0.1) is 0 Å². The zero-order valence-corrected chi connectivity index (χ0v) is 9.88. The van der Waals surface area contributed by atoms with Crippen molar-refractivity contribution in [3.8, 4) is 0 Å². The normalized spacial score (nSPS) is 23.8. The van der Waals surface area contributed by atoms with Crippen molar-refractivity contribution in [3.63, 3.8) is 0 Å². The standard InChI is InChI=1S/C10H10ClNO3S/c11-8-4-2-1-3-7(8)9-5-16(14,15)6-10(13)12-9/h1-4,9H,5-6H2,(H,12,13). The SMILES string of the molecule is O=C1CS(=O)(=O)CC(c2ccccc2Cl)N1. The summed E-state index contributed by atoms with van der Waals surface area (Å²) in [5, 5.41) is 3.09. The van der Waals surface area contributed by atoms with Crippen molar-refractivity contribution in [3.05, 3.63) is 34.9 Å². The molecule has 0 radical (unpaired) electrons. The molecule has 86 valence electrons. The fraction of sp³-hybridized carbons (Fsp3) is 0.300. The van der Waals surface area contributed by atoms with E-state index in [4.69, 9.17) is 11.6 Å². The molecule has 1 fully saturated rings. The first kappa shape index (κ1) is 11.4. The zero-order chi connectivity index (χ0) is 11.8. The molecule has 0 saturated carbocycles. The molecule has 4 nitrogen and oxygen atoms in total. The van der Waals surface area contributed by atoms with Gasteiger partial charge >= 0.3 is 0 Å². The predicted molar refractivity (Wildman–Crippen MR) is 61.0 cm³/mol. The number of carbonyl (C=O) groups is 1. The van der Waals surface area contributed by atoms with Crippen LogP contribution in [-0.2, 0) is 14.6 Å². The van der Waals surface area contributed by atoms with Gasteiger partial charge in [0, 0.05) is 5.02 Å². The molecule has 6 heteroatoms. The van der Waals surface area contributed by atoms with E-state index in [1.54, 1.807) is 24.3 Å². The number of carbonyl (C=O) groups excluding carboxylic acids is 1. The van der Waals surface area contributed by atoms with Gasteiger partial charge in [0.1, 0.15) is 5.75 Å². The van der Waals surface area contributed by atoms with Crippen LogP contribution in [0, 0.1) is 0 Å². The quantitative estimate of drug-likeness (QED) is 0.816. The summed E-state index contributed by atoms with van der Waals surface area (Å²) in [6, 6.07) is 6.36. The molecule has 2 rings (SSSR count). The minimum atomic E-state index is -3.32. The van der Waals surface area contributed by atoms with E-state index in [2.05, 4.69) is 5.32 Å². The fourth-order valence-electron chi connectivity index (χ4n) is 1.72.